The van der Waals surface area contributed by atoms with Crippen LogP contribution in [-0.2, 0) is 4.79 Å². The number of carbonyl (C=O) groups excluding carboxylic acids is 2. The number of rotatable bonds is 5. The number of likely N-dealkylation sites (N-methyl/N-ethyl adjacent to an activating group) is 1. The third-order valence-corrected chi connectivity index (χ3v) is 4.72. The maximum absolute atomic E-state index is 12.9. The molecule has 0 bridgehead atoms. The number of benzene rings is 1. The lowest BCUT2D eigenvalue weighted by Crippen LogP contribution is -2.53. The lowest BCUT2D eigenvalue weighted by molar-refractivity contribution is -0.135. The van der Waals surface area contributed by atoms with Crippen LogP contribution in [-0.4, -0.2) is 36.0 Å². The summed E-state index contributed by atoms with van der Waals surface area (Å²) in [6.45, 7) is 3.92. The monoisotopic (exact) mass is 331 g/mol. The number of para-hydroxylation sites is 1. The summed E-state index contributed by atoms with van der Waals surface area (Å²) in [5.74, 6) is 0.0326. The molecule has 5 nitrogen and oxygen atoms in total. The van der Waals surface area contributed by atoms with Crippen molar-refractivity contribution >= 4 is 17.6 Å². The van der Waals surface area contributed by atoms with Crippen LogP contribution in [0.1, 0.15) is 46.0 Å². The van der Waals surface area contributed by atoms with E-state index in [2.05, 4.69) is 10.6 Å². The van der Waals surface area contributed by atoms with Crippen LogP contribution in [0.2, 0.25) is 0 Å². The van der Waals surface area contributed by atoms with Gasteiger partial charge >= 0.3 is 6.03 Å². The smallest absolute Gasteiger partial charge is 0.319 e. The standard InChI is InChI=1S/C19H29N3O2/c1-14(2)17(18(23)22(3)16-12-8-5-9-13-16)21-19(24)20-15-10-6-4-7-11-15/h4,6-7,10-11,14,16-17H,5,8-9,12-13H2,1-3H3,(H2,20,21,24). The summed E-state index contributed by atoms with van der Waals surface area (Å²) in [7, 11) is 1.87. The van der Waals surface area contributed by atoms with E-state index in [1.165, 1.54) is 19.3 Å². The van der Waals surface area contributed by atoms with E-state index in [-0.39, 0.29) is 17.9 Å². The molecule has 1 aromatic rings. The number of amides is 3. The van der Waals surface area contributed by atoms with Crippen molar-refractivity contribution in [2.24, 2.45) is 5.92 Å². The summed E-state index contributed by atoms with van der Waals surface area (Å²) in [5.41, 5.74) is 0.714. The molecule has 5 heteroatoms. The van der Waals surface area contributed by atoms with Gasteiger partial charge in [-0.1, -0.05) is 51.3 Å². The second-order valence-electron chi connectivity index (χ2n) is 6.93. The lowest BCUT2D eigenvalue weighted by atomic mass is 9.93. The Bertz CT molecular complexity index is 539. The molecule has 2 rings (SSSR count). The largest absolute Gasteiger partial charge is 0.341 e. The van der Waals surface area contributed by atoms with E-state index >= 15 is 0 Å². The highest BCUT2D eigenvalue weighted by atomic mass is 16.2. The second kappa shape index (κ2) is 8.71. The van der Waals surface area contributed by atoms with Crippen LogP contribution in [0.15, 0.2) is 30.3 Å². The van der Waals surface area contributed by atoms with E-state index in [9.17, 15) is 9.59 Å². The van der Waals surface area contributed by atoms with Crippen molar-refractivity contribution in [3.8, 4) is 0 Å². The number of hydrogen-bond acceptors (Lipinski definition) is 2. The molecule has 1 fully saturated rings. The Labute approximate surface area is 144 Å². The van der Waals surface area contributed by atoms with Crippen LogP contribution in [0, 0.1) is 5.92 Å². The quantitative estimate of drug-likeness (QED) is 0.865. The summed E-state index contributed by atoms with van der Waals surface area (Å²) in [6.07, 6.45) is 5.73. The van der Waals surface area contributed by atoms with Gasteiger partial charge in [-0.2, -0.15) is 0 Å². The van der Waals surface area contributed by atoms with Gasteiger partial charge in [-0.15, -0.1) is 0 Å². The zero-order valence-electron chi connectivity index (χ0n) is 14.9. The summed E-state index contributed by atoms with van der Waals surface area (Å²) >= 11 is 0. The van der Waals surface area contributed by atoms with Gasteiger partial charge in [0.2, 0.25) is 5.91 Å². The molecule has 0 heterocycles. The molecular weight excluding hydrogens is 302 g/mol. The average Bonchev–Trinajstić information content (AvgIpc) is 2.60. The van der Waals surface area contributed by atoms with Crippen molar-refractivity contribution in [3.05, 3.63) is 30.3 Å². The van der Waals surface area contributed by atoms with Gasteiger partial charge in [-0.05, 0) is 30.9 Å². The first-order chi connectivity index (χ1) is 11.5. The fourth-order valence-corrected chi connectivity index (χ4v) is 3.21. The third kappa shape index (κ3) is 4.98. The zero-order chi connectivity index (χ0) is 17.5. The van der Waals surface area contributed by atoms with E-state index in [1.807, 2.05) is 56.1 Å². The minimum absolute atomic E-state index is 0.000103. The third-order valence-electron chi connectivity index (χ3n) is 4.72. The Morgan fingerprint density at radius 2 is 1.71 bits per heavy atom. The van der Waals surface area contributed by atoms with Crippen molar-refractivity contribution in [1.29, 1.82) is 0 Å². The molecule has 0 aliphatic heterocycles. The van der Waals surface area contributed by atoms with Gasteiger partial charge in [0, 0.05) is 18.8 Å². The normalized spacial score (nSPS) is 16.5. The molecule has 0 aromatic heterocycles. The number of urea groups is 1. The van der Waals surface area contributed by atoms with Crippen LogP contribution < -0.4 is 10.6 Å². The Morgan fingerprint density at radius 1 is 1.08 bits per heavy atom. The molecular formula is C19H29N3O2. The molecule has 1 aliphatic rings. The number of hydrogen-bond donors (Lipinski definition) is 2. The zero-order valence-corrected chi connectivity index (χ0v) is 14.9. The maximum Gasteiger partial charge on any atom is 0.319 e. The number of nitrogens with zero attached hydrogens (tertiary/aromatic N) is 1. The molecule has 0 radical (unpaired) electrons. The Morgan fingerprint density at radius 3 is 2.29 bits per heavy atom. The fraction of sp³-hybridized carbons (Fsp3) is 0.579. The van der Waals surface area contributed by atoms with E-state index in [1.54, 1.807) is 0 Å². The predicted molar refractivity (Wildman–Crippen MR) is 96.9 cm³/mol. The first-order valence-electron chi connectivity index (χ1n) is 8.88. The summed E-state index contributed by atoms with van der Waals surface area (Å²) in [6, 6.07) is 8.69. The SMILES string of the molecule is CC(C)C(NC(=O)Nc1ccccc1)C(=O)N(C)C1CCCCC1. The Kier molecular flexibility index (Phi) is 6.64. The van der Waals surface area contributed by atoms with Crippen molar-refractivity contribution in [1.82, 2.24) is 10.2 Å². The summed E-state index contributed by atoms with van der Waals surface area (Å²) in [5, 5.41) is 5.62. The maximum atomic E-state index is 12.9. The van der Waals surface area contributed by atoms with Crippen LogP contribution in [0.25, 0.3) is 0 Å². The molecule has 1 atom stereocenters. The van der Waals surface area contributed by atoms with Crippen LogP contribution in [0.3, 0.4) is 0 Å². The van der Waals surface area contributed by atoms with Gasteiger partial charge in [0.25, 0.3) is 0 Å². The first-order valence-corrected chi connectivity index (χ1v) is 8.88. The Balaban J connectivity index is 1.97. The van der Waals surface area contributed by atoms with Crippen LogP contribution in [0.4, 0.5) is 10.5 Å². The predicted octanol–water partition coefficient (Wildman–Crippen LogP) is 3.62. The minimum atomic E-state index is -0.513. The molecule has 1 aromatic carbocycles. The molecule has 1 unspecified atom stereocenters. The van der Waals surface area contributed by atoms with E-state index < -0.39 is 6.04 Å². The van der Waals surface area contributed by atoms with Crippen LogP contribution >= 0.6 is 0 Å². The van der Waals surface area contributed by atoms with Gasteiger partial charge in [-0.25, -0.2) is 4.79 Å². The van der Waals surface area contributed by atoms with Gasteiger partial charge in [-0.3, -0.25) is 4.79 Å². The van der Waals surface area contributed by atoms with Crippen molar-refractivity contribution < 1.29 is 9.59 Å². The Hall–Kier alpha value is -2.04. The lowest BCUT2D eigenvalue weighted by Gasteiger charge is -2.35. The number of nitrogens with one attached hydrogen (secondary N) is 2. The molecule has 132 valence electrons. The molecule has 2 N–H and O–H groups in total. The molecule has 1 aliphatic carbocycles. The number of carbonyl (C=O) groups is 2. The van der Waals surface area contributed by atoms with Gasteiger partial charge in [0.15, 0.2) is 0 Å². The molecule has 0 saturated heterocycles. The fourth-order valence-electron chi connectivity index (χ4n) is 3.21. The van der Waals surface area contributed by atoms with Crippen LogP contribution in [0.5, 0.6) is 0 Å². The minimum Gasteiger partial charge on any atom is -0.341 e. The molecule has 0 spiro atoms. The van der Waals surface area contributed by atoms with E-state index in [0.717, 1.165) is 12.8 Å². The number of anilines is 1. The topological polar surface area (TPSA) is 61.4 Å². The van der Waals surface area contributed by atoms with Gasteiger partial charge < -0.3 is 15.5 Å². The van der Waals surface area contributed by atoms with Crippen molar-refractivity contribution in [3.63, 3.8) is 0 Å². The highest BCUT2D eigenvalue weighted by molar-refractivity contribution is 5.93. The highest BCUT2D eigenvalue weighted by Gasteiger charge is 2.31. The van der Waals surface area contributed by atoms with E-state index in [4.69, 9.17) is 0 Å². The average molecular weight is 331 g/mol. The van der Waals surface area contributed by atoms with Crippen molar-refractivity contribution in [2.45, 2.75) is 58.0 Å². The summed E-state index contributed by atoms with van der Waals surface area (Å²) < 4.78 is 0. The first kappa shape index (κ1) is 18.3. The summed E-state index contributed by atoms with van der Waals surface area (Å²) in [4.78, 5) is 26.9. The molecule has 1 saturated carbocycles. The van der Waals surface area contributed by atoms with E-state index in [0.29, 0.717) is 11.7 Å². The second-order valence-corrected chi connectivity index (χ2v) is 6.93. The van der Waals surface area contributed by atoms with Gasteiger partial charge in [0.1, 0.15) is 6.04 Å². The van der Waals surface area contributed by atoms with Gasteiger partial charge in [0.05, 0.1) is 0 Å². The molecule has 24 heavy (non-hydrogen) atoms. The molecule has 3 amide bonds. The van der Waals surface area contributed by atoms with Crippen molar-refractivity contribution in [2.75, 3.05) is 12.4 Å². The highest BCUT2D eigenvalue weighted by Crippen LogP contribution is 2.22.